The van der Waals surface area contributed by atoms with E-state index >= 15 is 0 Å². The van der Waals surface area contributed by atoms with Gasteiger partial charge in [-0.25, -0.2) is 0 Å². The molecule has 3 amide bonds. The fourth-order valence-corrected chi connectivity index (χ4v) is 5.67. The summed E-state index contributed by atoms with van der Waals surface area (Å²) in [6.45, 7) is 2.57. The lowest BCUT2D eigenvalue weighted by molar-refractivity contribution is -0.135. The molecule has 7 rings (SSSR count). The van der Waals surface area contributed by atoms with E-state index in [-0.39, 0.29) is 37.5 Å². The van der Waals surface area contributed by atoms with Gasteiger partial charge in [0.05, 0.1) is 11.6 Å². The molecule has 4 heterocycles. The number of rotatable bonds is 3. The van der Waals surface area contributed by atoms with Crippen LogP contribution in [0.2, 0.25) is 5.02 Å². The Hall–Kier alpha value is -5.09. The second kappa shape index (κ2) is 13.9. The van der Waals surface area contributed by atoms with E-state index in [4.69, 9.17) is 25.8 Å². The Balaban J connectivity index is 1.24. The highest BCUT2D eigenvalue weighted by atomic mass is 35.5. The minimum absolute atomic E-state index is 0.138. The standard InChI is InChI=1S/C35H33ClN4O6/c1-22-13-27(36)7-10-31(22)45-21-34(42)40-12-11-32-30(19-40)39-35(43)26-14-25(17-37-18-26)24-3-2-4-29(15-24)44-20-33(41)38-16-23-5-8-28(46-32)9-6-23/h2-10,13-15,17-18,30,32H,11-12,16,19-21H2,1H3,(H,38,41)(H,39,43)/t30-,32+/m1/s1. The second-order valence-corrected chi connectivity index (χ2v) is 11.7. The molecule has 0 radical (unpaired) electrons. The molecule has 3 aliphatic heterocycles. The number of halogens is 1. The van der Waals surface area contributed by atoms with Crippen LogP contribution >= 0.6 is 11.6 Å². The molecule has 2 N–H and O–H groups in total. The van der Waals surface area contributed by atoms with Crippen LogP contribution in [0.25, 0.3) is 11.1 Å². The summed E-state index contributed by atoms with van der Waals surface area (Å²) in [6.07, 6.45) is 3.23. The highest BCUT2D eigenvalue weighted by Crippen LogP contribution is 2.26. The molecule has 1 aromatic heterocycles. The normalized spacial score (nSPS) is 18.3. The number of piperidine rings is 1. The number of carbonyl (C=O) groups excluding carboxylic acids is 3. The van der Waals surface area contributed by atoms with Gasteiger partial charge in [0.25, 0.3) is 17.7 Å². The van der Waals surface area contributed by atoms with Gasteiger partial charge in [-0.3, -0.25) is 19.4 Å². The van der Waals surface area contributed by atoms with Gasteiger partial charge in [0.1, 0.15) is 23.4 Å². The van der Waals surface area contributed by atoms with E-state index in [1.807, 2.05) is 43.3 Å². The van der Waals surface area contributed by atoms with Gasteiger partial charge in [-0.15, -0.1) is 0 Å². The number of amides is 3. The summed E-state index contributed by atoms with van der Waals surface area (Å²) in [5, 5.41) is 6.56. The Morgan fingerprint density at radius 3 is 2.65 bits per heavy atom. The van der Waals surface area contributed by atoms with Gasteiger partial charge in [-0.2, -0.15) is 0 Å². The van der Waals surface area contributed by atoms with Crippen molar-refractivity contribution in [3.63, 3.8) is 0 Å². The number of benzene rings is 3. The van der Waals surface area contributed by atoms with Crippen molar-refractivity contribution in [3.8, 4) is 28.4 Å². The molecular weight excluding hydrogens is 608 g/mol. The highest BCUT2D eigenvalue weighted by Gasteiger charge is 2.34. The van der Waals surface area contributed by atoms with Gasteiger partial charge in [0.15, 0.2) is 13.2 Å². The number of likely N-dealkylation sites (tertiary alicyclic amines) is 1. The number of nitrogens with zero attached hydrogens (tertiary/aromatic N) is 2. The fourth-order valence-electron chi connectivity index (χ4n) is 5.44. The molecule has 2 atom stereocenters. The summed E-state index contributed by atoms with van der Waals surface area (Å²) in [5.41, 5.74) is 3.56. The summed E-state index contributed by atoms with van der Waals surface area (Å²) < 4.78 is 17.9. The monoisotopic (exact) mass is 640 g/mol. The fraction of sp³-hybridized carbons (Fsp3) is 0.257. The van der Waals surface area contributed by atoms with Crippen molar-refractivity contribution in [2.75, 3.05) is 26.3 Å². The van der Waals surface area contributed by atoms with Gasteiger partial charge < -0.3 is 29.7 Å². The first kappa shape index (κ1) is 30.9. The van der Waals surface area contributed by atoms with Crippen LogP contribution in [0.15, 0.2) is 85.2 Å². The van der Waals surface area contributed by atoms with E-state index in [0.29, 0.717) is 52.9 Å². The van der Waals surface area contributed by atoms with Crippen molar-refractivity contribution in [3.05, 3.63) is 107 Å². The Morgan fingerprint density at radius 1 is 1.00 bits per heavy atom. The maximum absolute atomic E-state index is 13.6. The van der Waals surface area contributed by atoms with Crippen LogP contribution in [0.5, 0.6) is 17.2 Å². The Labute approximate surface area is 271 Å². The Morgan fingerprint density at radius 2 is 1.83 bits per heavy atom. The zero-order valence-electron chi connectivity index (χ0n) is 25.2. The lowest BCUT2D eigenvalue weighted by atomic mass is 10.0. The van der Waals surface area contributed by atoms with Gasteiger partial charge >= 0.3 is 0 Å². The lowest BCUT2D eigenvalue weighted by Crippen LogP contribution is -2.58. The number of aromatic nitrogens is 1. The van der Waals surface area contributed by atoms with Crippen LogP contribution in [0.3, 0.4) is 0 Å². The van der Waals surface area contributed by atoms with Gasteiger partial charge in [-0.05, 0) is 72.1 Å². The number of hydrogen-bond donors (Lipinski definition) is 2. The van der Waals surface area contributed by atoms with Crippen molar-refractivity contribution < 1.29 is 28.6 Å². The topological polar surface area (TPSA) is 119 Å². The number of aryl methyl sites for hydroxylation is 1. The third-order valence-corrected chi connectivity index (χ3v) is 8.18. The molecule has 0 spiro atoms. The zero-order valence-corrected chi connectivity index (χ0v) is 26.0. The average molecular weight is 641 g/mol. The first-order valence-corrected chi connectivity index (χ1v) is 15.4. The van der Waals surface area contributed by atoms with Crippen LogP contribution in [0.1, 0.15) is 27.9 Å². The van der Waals surface area contributed by atoms with Crippen LogP contribution in [0, 0.1) is 6.92 Å². The maximum atomic E-state index is 13.6. The summed E-state index contributed by atoms with van der Waals surface area (Å²) in [5.74, 6) is 0.913. The van der Waals surface area contributed by atoms with Crippen molar-refractivity contribution in [2.45, 2.75) is 32.0 Å². The van der Waals surface area contributed by atoms with Crippen molar-refractivity contribution in [1.82, 2.24) is 20.5 Å². The van der Waals surface area contributed by atoms with E-state index in [2.05, 4.69) is 15.6 Å². The molecule has 236 valence electrons. The Kier molecular flexibility index (Phi) is 9.35. The minimum Gasteiger partial charge on any atom is -0.488 e. The van der Waals surface area contributed by atoms with E-state index in [1.165, 1.54) is 6.20 Å². The molecule has 0 unspecified atom stereocenters. The summed E-state index contributed by atoms with van der Waals surface area (Å²) in [7, 11) is 0. The quantitative estimate of drug-likeness (QED) is 0.337. The molecule has 0 saturated carbocycles. The first-order chi connectivity index (χ1) is 22.3. The van der Waals surface area contributed by atoms with Crippen molar-refractivity contribution in [1.29, 1.82) is 0 Å². The van der Waals surface area contributed by atoms with Crippen molar-refractivity contribution >= 4 is 29.3 Å². The van der Waals surface area contributed by atoms with Crippen LogP contribution < -0.4 is 24.8 Å². The number of fused-ring (bicyclic) bond motifs is 7. The molecule has 10 nitrogen and oxygen atoms in total. The van der Waals surface area contributed by atoms with Gasteiger partial charge in [-0.1, -0.05) is 35.9 Å². The van der Waals surface area contributed by atoms with Crippen molar-refractivity contribution in [2.24, 2.45) is 0 Å². The summed E-state index contributed by atoms with van der Waals surface area (Å²) in [4.78, 5) is 45.3. The SMILES string of the molecule is Cc1cc(Cl)ccc1OCC(=O)N1CC[C@@H]2Oc3ccc(cc3)CNC(=O)COc3cccc(c3)-c3cncc(c3)C(=O)N[C@@H]2C1. The minimum atomic E-state index is -0.521. The Bertz CT molecular complexity index is 1750. The molecule has 11 heteroatoms. The molecular formula is C35H33ClN4O6. The van der Waals surface area contributed by atoms with Crippen LogP contribution in [-0.2, 0) is 16.1 Å². The maximum Gasteiger partial charge on any atom is 0.260 e. The smallest absolute Gasteiger partial charge is 0.260 e. The molecule has 1 fully saturated rings. The van der Waals surface area contributed by atoms with E-state index in [0.717, 1.165) is 16.7 Å². The molecule has 6 bridgehead atoms. The van der Waals surface area contributed by atoms with E-state index < -0.39 is 12.1 Å². The predicted octanol–water partition coefficient (Wildman–Crippen LogP) is 4.58. The third-order valence-electron chi connectivity index (χ3n) is 7.94. The van der Waals surface area contributed by atoms with Gasteiger partial charge in [0.2, 0.25) is 0 Å². The van der Waals surface area contributed by atoms with E-state index in [1.54, 1.807) is 47.5 Å². The highest BCUT2D eigenvalue weighted by molar-refractivity contribution is 6.30. The molecule has 0 aliphatic carbocycles. The zero-order chi connectivity index (χ0) is 32.0. The molecule has 1 saturated heterocycles. The summed E-state index contributed by atoms with van der Waals surface area (Å²) in [6, 6.07) is 21.1. The van der Waals surface area contributed by atoms with Crippen LogP contribution in [0.4, 0.5) is 0 Å². The number of carbonyl (C=O) groups is 3. The predicted molar refractivity (Wildman–Crippen MR) is 172 cm³/mol. The summed E-state index contributed by atoms with van der Waals surface area (Å²) >= 11 is 6.06. The molecule has 3 aliphatic rings. The number of pyridine rings is 1. The molecule has 3 aromatic carbocycles. The lowest BCUT2D eigenvalue weighted by Gasteiger charge is -2.38. The largest absolute Gasteiger partial charge is 0.488 e. The number of hydrogen-bond acceptors (Lipinski definition) is 7. The first-order valence-electron chi connectivity index (χ1n) is 15.0. The number of nitrogens with one attached hydrogen (secondary N) is 2. The van der Waals surface area contributed by atoms with Crippen LogP contribution in [-0.4, -0.2) is 66.1 Å². The average Bonchev–Trinajstić information content (AvgIpc) is 3.07. The van der Waals surface area contributed by atoms with Gasteiger partial charge in [0, 0.05) is 49.0 Å². The molecule has 46 heavy (non-hydrogen) atoms. The third kappa shape index (κ3) is 7.58. The van der Waals surface area contributed by atoms with E-state index in [9.17, 15) is 14.4 Å². The second-order valence-electron chi connectivity index (χ2n) is 11.3. The molecule has 4 aromatic rings. The number of ether oxygens (including phenoxy) is 3.